The van der Waals surface area contributed by atoms with Crippen LogP contribution in [0.4, 0.5) is 0 Å². The van der Waals surface area contributed by atoms with Crippen LogP contribution in [0.5, 0.6) is 0 Å². The van der Waals surface area contributed by atoms with Crippen LogP contribution >= 0.6 is 0 Å². The molecule has 1 nitrogen and oxygen atoms in total. The van der Waals surface area contributed by atoms with E-state index in [4.69, 9.17) is 5.73 Å². The van der Waals surface area contributed by atoms with E-state index >= 15 is 0 Å². The highest BCUT2D eigenvalue weighted by atomic mass is 14.6. The minimum atomic E-state index is 0.253. The number of hydrogen-bond donors (Lipinski definition) is 1. The normalized spacial score (nSPS) is 17.0. The van der Waals surface area contributed by atoms with E-state index in [0.717, 1.165) is 19.4 Å². The Morgan fingerprint density at radius 3 is 2.50 bits per heavy atom. The maximum atomic E-state index is 5.76. The molecule has 0 aliphatic rings. The Labute approximate surface area is 88.4 Å². The van der Waals surface area contributed by atoms with Crippen molar-refractivity contribution in [2.75, 3.05) is 6.54 Å². The molecule has 1 atom stereocenters. The highest BCUT2D eigenvalue weighted by Gasteiger charge is 2.19. The largest absolute Gasteiger partial charge is 0.330 e. The summed E-state index contributed by atoms with van der Waals surface area (Å²) in [5, 5.41) is 0. The quantitative estimate of drug-likeness (QED) is 0.642. The van der Waals surface area contributed by atoms with Crippen molar-refractivity contribution in [3.05, 3.63) is 36.5 Å². The molecule has 0 aromatic carbocycles. The molecule has 2 N–H and O–H groups in total. The molecule has 0 aliphatic carbocycles. The summed E-state index contributed by atoms with van der Waals surface area (Å²) in [5.41, 5.74) is 7.38. The first kappa shape index (κ1) is 13.2. The molecule has 80 valence electrons. The van der Waals surface area contributed by atoms with Crippen LogP contribution in [-0.2, 0) is 0 Å². The molecule has 0 amide bonds. The first-order valence-corrected chi connectivity index (χ1v) is 5.23. The Kier molecular flexibility index (Phi) is 6.22. The summed E-state index contributed by atoms with van der Waals surface area (Å²) < 4.78 is 0. The highest BCUT2D eigenvalue weighted by Crippen LogP contribution is 2.27. The number of hydrogen-bond acceptors (Lipinski definition) is 1. The van der Waals surface area contributed by atoms with Gasteiger partial charge in [-0.1, -0.05) is 50.3 Å². The molecule has 0 aromatic heterocycles. The third-order valence-electron chi connectivity index (χ3n) is 2.68. The predicted octanol–water partition coefficient (Wildman–Crippen LogP) is 3.44. The summed E-state index contributed by atoms with van der Waals surface area (Å²) in [6.07, 6.45) is 10.1. The van der Waals surface area contributed by atoms with Crippen LogP contribution < -0.4 is 5.73 Å². The van der Waals surface area contributed by atoms with Crippen LogP contribution in [0.15, 0.2) is 36.5 Å². The smallest absolute Gasteiger partial charge is 0.00202 e. The van der Waals surface area contributed by atoms with Gasteiger partial charge in [0.25, 0.3) is 0 Å². The minimum Gasteiger partial charge on any atom is -0.330 e. The molecule has 0 spiro atoms. The van der Waals surface area contributed by atoms with Gasteiger partial charge in [0, 0.05) is 0 Å². The van der Waals surface area contributed by atoms with Gasteiger partial charge in [-0.15, -0.1) is 0 Å². The standard InChI is InChI=1S/C13H23N/c1-5-7-8-9-12(3)10-13(4,6-2)11-14/h5,7-9H,1,6,10-11,14H2,2-4H3/b8-7-,12-9+/t13-/m1/s1. The SMILES string of the molecule is C=C/C=C\C=C(/C)C[C@@](C)(CC)CN. The Morgan fingerprint density at radius 1 is 1.43 bits per heavy atom. The van der Waals surface area contributed by atoms with E-state index < -0.39 is 0 Å². The molecule has 14 heavy (non-hydrogen) atoms. The van der Waals surface area contributed by atoms with Crippen molar-refractivity contribution in [1.82, 2.24) is 0 Å². The summed E-state index contributed by atoms with van der Waals surface area (Å²) in [6.45, 7) is 11.0. The fourth-order valence-corrected chi connectivity index (χ4v) is 1.37. The van der Waals surface area contributed by atoms with E-state index in [-0.39, 0.29) is 5.41 Å². The summed E-state index contributed by atoms with van der Waals surface area (Å²) in [7, 11) is 0. The summed E-state index contributed by atoms with van der Waals surface area (Å²) in [6, 6.07) is 0. The average molecular weight is 193 g/mol. The molecular formula is C13H23N. The van der Waals surface area contributed by atoms with Crippen molar-refractivity contribution >= 4 is 0 Å². The van der Waals surface area contributed by atoms with Gasteiger partial charge in [-0.3, -0.25) is 0 Å². The lowest BCUT2D eigenvalue weighted by Gasteiger charge is -2.26. The lowest BCUT2D eigenvalue weighted by Crippen LogP contribution is -2.26. The van der Waals surface area contributed by atoms with Crippen molar-refractivity contribution in [2.24, 2.45) is 11.1 Å². The highest BCUT2D eigenvalue weighted by molar-refractivity contribution is 5.15. The van der Waals surface area contributed by atoms with E-state index in [0.29, 0.717) is 0 Å². The topological polar surface area (TPSA) is 26.0 Å². The molecule has 0 heterocycles. The van der Waals surface area contributed by atoms with Gasteiger partial charge in [-0.05, 0) is 31.7 Å². The maximum absolute atomic E-state index is 5.76. The first-order chi connectivity index (χ1) is 6.58. The zero-order chi connectivity index (χ0) is 11.0. The predicted molar refractivity (Wildman–Crippen MR) is 65.2 cm³/mol. The van der Waals surface area contributed by atoms with Crippen molar-refractivity contribution < 1.29 is 0 Å². The van der Waals surface area contributed by atoms with Crippen LogP contribution in [0.1, 0.15) is 33.6 Å². The number of nitrogens with two attached hydrogens (primary N) is 1. The van der Waals surface area contributed by atoms with E-state index in [2.05, 4.69) is 33.4 Å². The lowest BCUT2D eigenvalue weighted by molar-refractivity contribution is 0.320. The fraction of sp³-hybridized carbons (Fsp3) is 0.538. The van der Waals surface area contributed by atoms with Crippen LogP contribution in [0.3, 0.4) is 0 Å². The van der Waals surface area contributed by atoms with Crippen molar-refractivity contribution in [3.8, 4) is 0 Å². The number of allylic oxidation sites excluding steroid dienone is 5. The van der Waals surface area contributed by atoms with Crippen LogP contribution in [0.25, 0.3) is 0 Å². The molecule has 0 saturated heterocycles. The molecular weight excluding hydrogens is 170 g/mol. The maximum Gasteiger partial charge on any atom is -0.00202 e. The number of rotatable bonds is 6. The van der Waals surface area contributed by atoms with Crippen LogP contribution in [0.2, 0.25) is 0 Å². The van der Waals surface area contributed by atoms with Crippen LogP contribution in [0, 0.1) is 5.41 Å². The van der Waals surface area contributed by atoms with Gasteiger partial charge in [0.2, 0.25) is 0 Å². The second-order valence-electron chi connectivity index (χ2n) is 4.18. The van der Waals surface area contributed by atoms with E-state index in [1.54, 1.807) is 6.08 Å². The third-order valence-corrected chi connectivity index (χ3v) is 2.68. The Balaban J connectivity index is 4.28. The van der Waals surface area contributed by atoms with Gasteiger partial charge >= 0.3 is 0 Å². The minimum absolute atomic E-state index is 0.253. The Hall–Kier alpha value is -0.820. The molecule has 0 aliphatic heterocycles. The molecule has 0 aromatic rings. The summed E-state index contributed by atoms with van der Waals surface area (Å²) in [4.78, 5) is 0. The zero-order valence-corrected chi connectivity index (χ0v) is 9.72. The van der Waals surface area contributed by atoms with E-state index in [1.807, 2.05) is 12.2 Å². The monoisotopic (exact) mass is 193 g/mol. The van der Waals surface area contributed by atoms with Gasteiger partial charge in [0.1, 0.15) is 0 Å². The lowest BCUT2D eigenvalue weighted by atomic mass is 9.81. The van der Waals surface area contributed by atoms with Gasteiger partial charge < -0.3 is 5.73 Å². The molecule has 0 unspecified atom stereocenters. The molecule has 0 radical (unpaired) electrons. The third kappa shape index (κ3) is 5.03. The zero-order valence-electron chi connectivity index (χ0n) is 9.72. The molecule has 0 bridgehead atoms. The van der Waals surface area contributed by atoms with Crippen molar-refractivity contribution in [3.63, 3.8) is 0 Å². The Morgan fingerprint density at radius 2 is 2.07 bits per heavy atom. The molecule has 0 saturated carbocycles. The molecule has 0 fully saturated rings. The van der Waals surface area contributed by atoms with E-state index in [1.165, 1.54) is 5.57 Å². The van der Waals surface area contributed by atoms with Gasteiger partial charge in [0.05, 0.1) is 0 Å². The average Bonchev–Trinajstić information content (AvgIpc) is 2.18. The second-order valence-corrected chi connectivity index (χ2v) is 4.18. The van der Waals surface area contributed by atoms with Gasteiger partial charge in [-0.2, -0.15) is 0 Å². The fourth-order valence-electron chi connectivity index (χ4n) is 1.37. The van der Waals surface area contributed by atoms with Crippen LogP contribution in [-0.4, -0.2) is 6.54 Å². The summed E-state index contributed by atoms with van der Waals surface area (Å²) in [5.74, 6) is 0. The van der Waals surface area contributed by atoms with Crippen molar-refractivity contribution in [1.29, 1.82) is 0 Å². The Bertz CT molecular complexity index is 219. The van der Waals surface area contributed by atoms with E-state index in [9.17, 15) is 0 Å². The molecule has 1 heteroatoms. The van der Waals surface area contributed by atoms with Crippen molar-refractivity contribution in [2.45, 2.75) is 33.6 Å². The molecule has 0 rings (SSSR count). The van der Waals surface area contributed by atoms with Gasteiger partial charge in [-0.25, -0.2) is 0 Å². The van der Waals surface area contributed by atoms with Gasteiger partial charge in [0.15, 0.2) is 0 Å². The first-order valence-electron chi connectivity index (χ1n) is 5.23. The second kappa shape index (κ2) is 6.61. The summed E-state index contributed by atoms with van der Waals surface area (Å²) >= 11 is 0.